The molecule has 0 radical (unpaired) electrons. The number of hydrogen-bond donors (Lipinski definition) is 4. The first-order valence-corrected chi connectivity index (χ1v) is 5.52. The minimum Gasteiger partial charge on any atom is -0.351 e. The molecular formula is C10H19F3O4. The molecule has 0 aromatic carbocycles. The SMILES string of the molecule is CCCCCCCC(F)(F)C(O)(F)C(O)(O)O. The van der Waals surface area contributed by atoms with Crippen LogP contribution in [0.25, 0.3) is 0 Å². The van der Waals surface area contributed by atoms with Crippen molar-refractivity contribution < 1.29 is 33.6 Å². The molecule has 0 saturated carbocycles. The van der Waals surface area contributed by atoms with Crippen molar-refractivity contribution in [3.05, 3.63) is 0 Å². The van der Waals surface area contributed by atoms with Gasteiger partial charge in [0.05, 0.1) is 0 Å². The van der Waals surface area contributed by atoms with Gasteiger partial charge in [-0.05, 0) is 6.42 Å². The maximum absolute atomic E-state index is 13.1. The van der Waals surface area contributed by atoms with E-state index in [1.807, 2.05) is 6.92 Å². The van der Waals surface area contributed by atoms with Gasteiger partial charge in [0.15, 0.2) is 0 Å². The summed E-state index contributed by atoms with van der Waals surface area (Å²) in [6.07, 6.45) is 1.71. The Morgan fingerprint density at radius 1 is 0.824 bits per heavy atom. The van der Waals surface area contributed by atoms with Gasteiger partial charge in [-0.2, -0.15) is 13.2 Å². The van der Waals surface area contributed by atoms with Gasteiger partial charge in [0.1, 0.15) is 0 Å². The Hall–Kier alpha value is -0.370. The lowest BCUT2D eigenvalue weighted by Gasteiger charge is -2.34. The summed E-state index contributed by atoms with van der Waals surface area (Å²) in [6.45, 7) is 1.94. The van der Waals surface area contributed by atoms with Gasteiger partial charge in [-0.3, -0.25) is 0 Å². The standard InChI is InChI=1S/C10H19F3O4/c1-2-3-4-5-6-7-8(11,12)9(13,14)10(15,16)17/h14-17H,2-7H2,1H3. The Labute approximate surface area is 97.7 Å². The maximum Gasteiger partial charge on any atom is 0.352 e. The maximum atomic E-state index is 13.1. The second kappa shape index (κ2) is 5.99. The van der Waals surface area contributed by atoms with Crippen molar-refractivity contribution in [2.45, 2.75) is 63.2 Å². The molecule has 17 heavy (non-hydrogen) atoms. The Morgan fingerprint density at radius 2 is 1.29 bits per heavy atom. The highest BCUT2D eigenvalue weighted by Crippen LogP contribution is 2.40. The highest BCUT2D eigenvalue weighted by molar-refractivity contribution is 4.89. The fraction of sp³-hybridized carbons (Fsp3) is 1.00. The molecule has 0 aromatic heterocycles. The van der Waals surface area contributed by atoms with Gasteiger partial charge >= 0.3 is 17.8 Å². The number of halogens is 3. The fourth-order valence-electron chi connectivity index (χ4n) is 1.36. The Balaban J connectivity index is 4.28. The number of rotatable bonds is 8. The van der Waals surface area contributed by atoms with Crippen molar-refractivity contribution in [3.63, 3.8) is 0 Å². The third-order valence-electron chi connectivity index (χ3n) is 2.52. The van der Waals surface area contributed by atoms with E-state index in [-0.39, 0.29) is 6.42 Å². The van der Waals surface area contributed by atoms with Crippen molar-refractivity contribution in [3.8, 4) is 0 Å². The number of alkyl halides is 3. The van der Waals surface area contributed by atoms with Crippen molar-refractivity contribution in [2.75, 3.05) is 0 Å². The van der Waals surface area contributed by atoms with Gasteiger partial charge in [-0.25, -0.2) is 0 Å². The van der Waals surface area contributed by atoms with Crippen molar-refractivity contribution >= 4 is 0 Å². The highest BCUT2D eigenvalue weighted by atomic mass is 19.3. The van der Waals surface area contributed by atoms with Crippen LogP contribution in [0.4, 0.5) is 13.2 Å². The number of unbranched alkanes of at least 4 members (excludes halogenated alkanes) is 4. The molecule has 0 aliphatic carbocycles. The number of aliphatic hydroxyl groups is 4. The third kappa shape index (κ3) is 4.42. The van der Waals surface area contributed by atoms with Gasteiger partial charge in [-0.15, -0.1) is 0 Å². The summed E-state index contributed by atoms with van der Waals surface area (Å²) < 4.78 is 39.2. The molecule has 0 spiro atoms. The van der Waals surface area contributed by atoms with Crippen molar-refractivity contribution in [1.82, 2.24) is 0 Å². The van der Waals surface area contributed by atoms with Crippen LogP contribution < -0.4 is 0 Å². The lowest BCUT2D eigenvalue weighted by Crippen LogP contribution is -2.61. The van der Waals surface area contributed by atoms with Crippen LogP contribution in [0.3, 0.4) is 0 Å². The molecule has 0 fully saturated rings. The van der Waals surface area contributed by atoms with Gasteiger partial charge < -0.3 is 20.4 Å². The van der Waals surface area contributed by atoms with Crippen LogP contribution in [0.2, 0.25) is 0 Å². The zero-order valence-corrected chi connectivity index (χ0v) is 9.67. The van der Waals surface area contributed by atoms with E-state index in [2.05, 4.69) is 0 Å². The molecule has 0 aromatic rings. The van der Waals surface area contributed by atoms with Crippen LogP contribution >= 0.6 is 0 Å². The van der Waals surface area contributed by atoms with Crippen LogP contribution in [0.5, 0.6) is 0 Å². The summed E-state index contributed by atoms with van der Waals surface area (Å²) in [5, 5.41) is 33.6. The van der Waals surface area contributed by atoms with Crippen LogP contribution in [0, 0.1) is 0 Å². The van der Waals surface area contributed by atoms with Gasteiger partial charge in [0.2, 0.25) is 0 Å². The predicted molar refractivity (Wildman–Crippen MR) is 53.8 cm³/mol. The second-order valence-electron chi connectivity index (χ2n) is 4.13. The van der Waals surface area contributed by atoms with Gasteiger partial charge in [-0.1, -0.05) is 32.6 Å². The zero-order chi connectivity index (χ0) is 13.7. The Morgan fingerprint density at radius 3 is 1.71 bits per heavy atom. The minimum absolute atomic E-state index is 0.0880. The van der Waals surface area contributed by atoms with E-state index < -0.39 is 24.2 Å². The summed E-state index contributed by atoms with van der Waals surface area (Å²) in [5.41, 5.74) is 0. The Kier molecular flexibility index (Phi) is 5.86. The monoisotopic (exact) mass is 260 g/mol. The van der Waals surface area contributed by atoms with E-state index >= 15 is 0 Å². The number of hydrogen-bond acceptors (Lipinski definition) is 4. The zero-order valence-electron chi connectivity index (χ0n) is 9.67. The summed E-state index contributed by atoms with van der Waals surface area (Å²) in [7, 11) is 0. The first kappa shape index (κ1) is 16.6. The van der Waals surface area contributed by atoms with E-state index in [9.17, 15) is 13.2 Å². The average Bonchev–Trinajstić information content (AvgIpc) is 2.15. The fourth-order valence-corrected chi connectivity index (χ4v) is 1.36. The molecule has 0 bridgehead atoms. The first-order valence-electron chi connectivity index (χ1n) is 5.52. The smallest absolute Gasteiger partial charge is 0.351 e. The largest absolute Gasteiger partial charge is 0.352 e. The van der Waals surface area contributed by atoms with Crippen molar-refractivity contribution in [1.29, 1.82) is 0 Å². The molecule has 1 atom stereocenters. The van der Waals surface area contributed by atoms with E-state index in [0.29, 0.717) is 12.8 Å². The lowest BCUT2D eigenvalue weighted by atomic mass is 10.0. The molecule has 0 amide bonds. The first-order chi connectivity index (χ1) is 7.56. The molecule has 0 rings (SSSR count). The quantitative estimate of drug-likeness (QED) is 0.391. The molecule has 0 aliphatic rings. The van der Waals surface area contributed by atoms with Crippen LogP contribution in [-0.4, -0.2) is 38.2 Å². The second-order valence-corrected chi connectivity index (χ2v) is 4.13. The van der Waals surface area contributed by atoms with Crippen LogP contribution in [0.15, 0.2) is 0 Å². The molecule has 104 valence electrons. The summed E-state index contributed by atoms with van der Waals surface area (Å²) >= 11 is 0. The summed E-state index contributed by atoms with van der Waals surface area (Å²) in [6, 6.07) is 0. The van der Waals surface area contributed by atoms with E-state index in [1.165, 1.54) is 0 Å². The molecule has 0 saturated heterocycles. The highest BCUT2D eigenvalue weighted by Gasteiger charge is 2.66. The van der Waals surface area contributed by atoms with E-state index in [1.54, 1.807) is 0 Å². The molecule has 4 nitrogen and oxygen atoms in total. The summed E-state index contributed by atoms with van der Waals surface area (Å²) in [5.74, 6) is -13.7. The molecular weight excluding hydrogens is 241 g/mol. The van der Waals surface area contributed by atoms with Crippen LogP contribution in [0.1, 0.15) is 45.4 Å². The molecule has 0 heterocycles. The van der Waals surface area contributed by atoms with E-state index in [4.69, 9.17) is 20.4 Å². The predicted octanol–water partition coefficient (Wildman–Crippen LogP) is 1.27. The Bertz CT molecular complexity index is 226. The molecule has 7 heteroatoms. The van der Waals surface area contributed by atoms with Gasteiger partial charge in [0, 0.05) is 6.42 Å². The molecule has 4 N–H and O–H groups in total. The normalized spacial score (nSPS) is 16.9. The van der Waals surface area contributed by atoms with E-state index in [0.717, 1.165) is 12.8 Å². The lowest BCUT2D eigenvalue weighted by molar-refractivity contribution is -0.466. The topological polar surface area (TPSA) is 80.9 Å². The molecule has 1 unspecified atom stereocenters. The van der Waals surface area contributed by atoms with Crippen molar-refractivity contribution in [2.24, 2.45) is 0 Å². The van der Waals surface area contributed by atoms with Gasteiger partial charge in [0.25, 0.3) is 0 Å². The van der Waals surface area contributed by atoms with Crippen LogP contribution in [-0.2, 0) is 0 Å². The molecule has 0 aliphatic heterocycles. The summed E-state index contributed by atoms with van der Waals surface area (Å²) in [4.78, 5) is 0. The average molecular weight is 260 g/mol. The minimum atomic E-state index is -4.79. The third-order valence-corrected chi connectivity index (χ3v) is 2.52.